The third-order valence-corrected chi connectivity index (χ3v) is 4.56. The Kier molecular flexibility index (Phi) is 5.88. The number of nitrogens with zero attached hydrogens (tertiary/aromatic N) is 1. The van der Waals surface area contributed by atoms with Crippen molar-refractivity contribution >= 4 is 16.0 Å². The van der Waals surface area contributed by atoms with Gasteiger partial charge in [-0.15, -0.1) is 0 Å². The molecule has 0 aromatic heterocycles. The fourth-order valence-corrected chi connectivity index (χ4v) is 3.05. The summed E-state index contributed by atoms with van der Waals surface area (Å²) in [6.07, 6.45) is 1.07. The Bertz CT molecular complexity index is 662. The zero-order valence-corrected chi connectivity index (χ0v) is 12.8. The molecule has 0 saturated carbocycles. The molecule has 0 amide bonds. The Morgan fingerprint density at radius 3 is 2.62 bits per heavy atom. The Balaban J connectivity index is 2.89. The van der Waals surface area contributed by atoms with E-state index >= 15 is 0 Å². The third kappa shape index (κ3) is 4.55. The molecule has 1 aromatic carbocycles. The minimum atomic E-state index is -3.78. The number of nitrogens with one attached hydrogen (secondary N) is 1. The first-order valence-electron chi connectivity index (χ1n) is 6.55. The summed E-state index contributed by atoms with van der Waals surface area (Å²) < 4.78 is 26.6. The maximum Gasteiger partial charge on any atom is 0.307 e. The van der Waals surface area contributed by atoms with Gasteiger partial charge in [0, 0.05) is 6.54 Å². The van der Waals surface area contributed by atoms with Crippen LogP contribution in [0.3, 0.4) is 0 Å². The molecule has 6 nitrogen and oxygen atoms in total. The van der Waals surface area contributed by atoms with Crippen molar-refractivity contribution in [3.05, 3.63) is 29.3 Å². The van der Waals surface area contributed by atoms with Crippen molar-refractivity contribution < 1.29 is 18.3 Å². The predicted molar refractivity (Wildman–Crippen MR) is 77.1 cm³/mol. The van der Waals surface area contributed by atoms with E-state index in [2.05, 4.69) is 4.72 Å². The van der Waals surface area contributed by atoms with Gasteiger partial charge in [-0.2, -0.15) is 5.26 Å². The number of aryl methyl sites for hydroxylation is 1. The van der Waals surface area contributed by atoms with Crippen LogP contribution in [0.25, 0.3) is 0 Å². The summed E-state index contributed by atoms with van der Waals surface area (Å²) in [4.78, 5) is 11.0. The lowest BCUT2D eigenvalue weighted by molar-refractivity contribution is -0.141. The quantitative estimate of drug-likeness (QED) is 0.796. The zero-order chi connectivity index (χ0) is 16.0. The molecule has 2 N–H and O–H groups in total. The molecule has 1 aromatic rings. The van der Waals surface area contributed by atoms with Gasteiger partial charge in [0.2, 0.25) is 10.0 Å². The molecule has 0 saturated heterocycles. The van der Waals surface area contributed by atoms with Crippen molar-refractivity contribution in [2.75, 3.05) is 6.54 Å². The van der Waals surface area contributed by atoms with E-state index in [0.717, 1.165) is 0 Å². The summed E-state index contributed by atoms with van der Waals surface area (Å²) in [5, 5.41) is 17.8. The van der Waals surface area contributed by atoms with Gasteiger partial charge in [-0.05, 0) is 37.1 Å². The monoisotopic (exact) mass is 310 g/mol. The molecular formula is C14H18N2O4S. The van der Waals surface area contributed by atoms with Gasteiger partial charge in [-0.25, -0.2) is 13.1 Å². The number of hydrogen-bond donors (Lipinski definition) is 2. The van der Waals surface area contributed by atoms with Crippen molar-refractivity contribution in [1.29, 1.82) is 5.26 Å². The van der Waals surface area contributed by atoms with Crippen molar-refractivity contribution in [2.45, 2.75) is 31.6 Å². The highest BCUT2D eigenvalue weighted by molar-refractivity contribution is 7.89. The first-order chi connectivity index (χ1) is 9.81. The van der Waals surface area contributed by atoms with Gasteiger partial charge < -0.3 is 5.11 Å². The van der Waals surface area contributed by atoms with Crippen molar-refractivity contribution in [3.8, 4) is 6.07 Å². The maximum absolute atomic E-state index is 12.1. The zero-order valence-electron chi connectivity index (χ0n) is 12.0. The third-order valence-electron chi connectivity index (χ3n) is 3.13. The van der Waals surface area contributed by atoms with Gasteiger partial charge in [-0.3, -0.25) is 4.79 Å². The highest BCUT2D eigenvalue weighted by Gasteiger charge is 2.21. The fourth-order valence-electron chi connectivity index (χ4n) is 1.88. The van der Waals surface area contributed by atoms with E-state index in [9.17, 15) is 13.2 Å². The number of rotatable bonds is 7. The molecule has 0 bridgehead atoms. The SMILES string of the molecule is CCCC(CNS(=O)(=O)c1ccc(C#N)c(C)c1)C(=O)O. The smallest absolute Gasteiger partial charge is 0.307 e. The van der Waals surface area contributed by atoms with Crippen LogP contribution in [0.5, 0.6) is 0 Å². The van der Waals surface area contributed by atoms with Gasteiger partial charge in [0.15, 0.2) is 0 Å². The molecule has 0 spiro atoms. The highest BCUT2D eigenvalue weighted by Crippen LogP contribution is 2.15. The van der Waals surface area contributed by atoms with Gasteiger partial charge in [0.1, 0.15) is 0 Å². The van der Waals surface area contributed by atoms with Crippen molar-refractivity contribution in [2.24, 2.45) is 5.92 Å². The second-order valence-electron chi connectivity index (χ2n) is 4.76. The number of carboxylic acid groups (broad SMARTS) is 1. The Hall–Kier alpha value is -1.91. The lowest BCUT2D eigenvalue weighted by Crippen LogP contribution is -2.33. The summed E-state index contributed by atoms with van der Waals surface area (Å²) >= 11 is 0. The van der Waals surface area contributed by atoms with Crippen LogP contribution in [-0.4, -0.2) is 26.0 Å². The average molecular weight is 310 g/mol. The molecule has 1 unspecified atom stereocenters. The summed E-state index contributed by atoms with van der Waals surface area (Å²) in [5.74, 6) is -1.76. The van der Waals surface area contributed by atoms with Gasteiger partial charge >= 0.3 is 5.97 Å². The standard InChI is InChI=1S/C14H18N2O4S/c1-3-4-12(14(17)18)9-16-21(19,20)13-6-5-11(8-15)10(2)7-13/h5-7,12,16H,3-4,9H2,1-2H3,(H,17,18). The van der Waals surface area contributed by atoms with E-state index in [1.807, 2.05) is 13.0 Å². The van der Waals surface area contributed by atoms with Gasteiger partial charge in [-0.1, -0.05) is 13.3 Å². The molecular weight excluding hydrogens is 292 g/mol. The number of nitriles is 1. The molecule has 1 rings (SSSR count). The molecule has 21 heavy (non-hydrogen) atoms. The van der Waals surface area contributed by atoms with E-state index in [1.165, 1.54) is 18.2 Å². The average Bonchev–Trinajstić information content (AvgIpc) is 2.43. The largest absolute Gasteiger partial charge is 0.481 e. The normalized spacial score (nSPS) is 12.6. The van der Waals surface area contributed by atoms with Crippen LogP contribution in [0.1, 0.15) is 30.9 Å². The molecule has 0 aliphatic carbocycles. The number of sulfonamides is 1. The summed E-state index contributed by atoms with van der Waals surface area (Å²) in [6.45, 7) is 3.34. The number of aliphatic carboxylic acids is 1. The molecule has 114 valence electrons. The predicted octanol–water partition coefficient (Wildman–Crippen LogP) is 1.65. The van der Waals surface area contributed by atoms with Crippen LogP contribution >= 0.6 is 0 Å². The molecule has 0 radical (unpaired) electrons. The first-order valence-corrected chi connectivity index (χ1v) is 8.03. The van der Waals surface area contributed by atoms with Gasteiger partial charge in [0.25, 0.3) is 0 Å². The van der Waals surface area contributed by atoms with Crippen molar-refractivity contribution in [3.63, 3.8) is 0 Å². The minimum Gasteiger partial charge on any atom is -0.481 e. The van der Waals surface area contributed by atoms with E-state index in [0.29, 0.717) is 24.0 Å². The second-order valence-corrected chi connectivity index (χ2v) is 6.53. The molecule has 0 fully saturated rings. The van der Waals surface area contributed by atoms with Gasteiger partial charge in [0.05, 0.1) is 22.4 Å². The number of carboxylic acids is 1. The van der Waals surface area contributed by atoms with Crippen LogP contribution in [0, 0.1) is 24.2 Å². The Labute approximate surface area is 124 Å². The maximum atomic E-state index is 12.1. The molecule has 1 atom stereocenters. The van der Waals surface area contributed by atoms with Crippen LogP contribution < -0.4 is 4.72 Å². The second kappa shape index (κ2) is 7.20. The van der Waals surface area contributed by atoms with E-state index in [-0.39, 0.29) is 11.4 Å². The van der Waals surface area contributed by atoms with Crippen LogP contribution in [0.15, 0.2) is 23.1 Å². The highest BCUT2D eigenvalue weighted by atomic mass is 32.2. The number of hydrogen-bond acceptors (Lipinski definition) is 4. The van der Waals surface area contributed by atoms with E-state index in [1.54, 1.807) is 6.92 Å². The lowest BCUT2D eigenvalue weighted by atomic mass is 10.1. The summed E-state index contributed by atoms with van der Waals surface area (Å²) in [6, 6.07) is 6.13. The summed E-state index contributed by atoms with van der Waals surface area (Å²) in [5.41, 5.74) is 0.965. The topological polar surface area (TPSA) is 107 Å². The van der Waals surface area contributed by atoms with Crippen LogP contribution in [0.4, 0.5) is 0 Å². The van der Waals surface area contributed by atoms with Crippen LogP contribution in [-0.2, 0) is 14.8 Å². The Morgan fingerprint density at radius 2 is 2.14 bits per heavy atom. The van der Waals surface area contributed by atoms with E-state index < -0.39 is 21.9 Å². The number of carbonyl (C=O) groups is 1. The first kappa shape index (κ1) is 17.1. The van der Waals surface area contributed by atoms with E-state index in [4.69, 9.17) is 10.4 Å². The lowest BCUT2D eigenvalue weighted by Gasteiger charge is -2.13. The Morgan fingerprint density at radius 1 is 1.48 bits per heavy atom. The molecule has 0 aliphatic heterocycles. The molecule has 0 heterocycles. The summed E-state index contributed by atoms with van der Waals surface area (Å²) in [7, 11) is -3.78. The van der Waals surface area contributed by atoms with Crippen molar-refractivity contribution in [1.82, 2.24) is 4.72 Å². The van der Waals surface area contributed by atoms with Crippen LogP contribution in [0.2, 0.25) is 0 Å². The minimum absolute atomic E-state index is 0.0274. The fraction of sp³-hybridized carbons (Fsp3) is 0.429. The molecule has 0 aliphatic rings. The molecule has 7 heteroatoms. The number of benzene rings is 1.